The summed E-state index contributed by atoms with van der Waals surface area (Å²) < 4.78 is 54.9. The Bertz CT molecular complexity index is 989. The number of aromatic nitrogens is 2. The van der Waals surface area contributed by atoms with Gasteiger partial charge in [0.25, 0.3) is 0 Å². The summed E-state index contributed by atoms with van der Waals surface area (Å²) in [7, 11) is 3.37. The number of oxazole rings is 1. The molecule has 0 aliphatic rings. The van der Waals surface area contributed by atoms with Crippen LogP contribution in [0.15, 0.2) is 53.1 Å². The van der Waals surface area contributed by atoms with Crippen LogP contribution in [-0.2, 0) is 10.9 Å². The van der Waals surface area contributed by atoms with Crippen molar-refractivity contribution in [3.63, 3.8) is 0 Å². The second-order valence-electron chi connectivity index (χ2n) is 6.22. The summed E-state index contributed by atoms with van der Waals surface area (Å²) >= 11 is 0. The third kappa shape index (κ3) is 4.95. The predicted octanol–water partition coefficient (Wildman–Crippen LogP) is 4.06. The number of carbonyl (C=O) groups excluding carboxylic acids is 1. The maximum absolute atomic E-state index is 13.4. The molecule has 3 aromatic rings. The van der Waals surface area contributed by atoms with Crippen molar-refractivity contribution >= 4 is 11.8 Å². The highest BCUT2D eigenvalue weighted by atomic mass is 19.4. The minimum atomic E-state index is -4.92. The van der Waals surface area contributed by atoms with Gasteiger partial charge >= 0.3 is 12.1 Å². The van der Waals surface area contributed by atoms with Gasteiger partial charge in [0.1, 0.15) is 11.6 Å². The molecule has 10 heteroatoms. The van der Waals surface area contributed by atoms with Crippen molar-refractivity contribution in [2.75, 3.05) is 32.2 Å². The number of alkyl halides is 3. The van der Waals surface area contributed by atoms with Gasteiger partial charge in [0.05, 0.1) is 12.8 Å². The number of likely N-dealkylation sites (N-methyl/N-ethyl adjacent to an activating group) is 1. The molecule has 0 saturated heterocycles. The molecule has 0 fully saturated rings. The zero-order valence-electron chi connectivity index (χ0n) is 16.1. The zero-order chi connectivity index (χ0) is 21.7. The first kappa shape index (κ1) is 21.3. The average Bonchev–Trinajstić information content (AvgIpc) is 3.19. The number of nitrogens with zero attached hydrogens (tertiary/aromatic N) is 3. The quantitative estimate of drug-likeness (QED) is 0.533. The molecule has 0 radical (unpaired) electrons. The Labute approximate surface area is 170 Å². The molecular formula is C20H18F3N3O4. The number of halogens is 3. The number of pyridine rings is 1. The van der Waals surface area contributed by atoms with Gasteiger partial charge in [-0.1, -0.05) is 18.2 Å². The highest BCUT2D eigenvalue weighted by Crippen LogP contribution is 2.35. The molecule has 0 N–H and O–H groups in total. The molecule has 2 heterocycles. The van der Waals surface area contributed by atoms with Crippen LogP contribution in [0, 0.1) is 0 Å². The van der Waals surface area contributed by atoms with E-state index in [9.17, 15) is 18.0 Å². The maximum Gasteiger partial charge on any atom is 0.452 e. The van der Waals surface area contributed by atoms with Gasteiger partial charge in [-0.3, -0.25) is 0 Å². The van der Waals surface area contributed by atoms with Crippen LogP contribution in [0.4, 0.5) is 19.0 Å². The molecule has 3 rings (SSSR count). The summed E-state index contributed by atoms with van der Waals surface area (Å²) in [5.41, 5.74) is -0.658. The molecule has 0 aliphatic heterocycles. The van der Waals surface area contributed by atoms with Crippen LogP contribution in [0.1, 0.15) is 16.2 Å². The van der Waals surface area contributed by atoms with Crippen LogP contribution < -0.4 is 9.64 Å². The SMILES string of the molecule is COCCN(C)c1ccc(OC(=O)c2nc(-c3ccccc3)oc2C(F)(F)F)cn1. The third-order valence-corrected chi connectivity index (χ3v) is 4.05. The molecule has 158 valence electrons. The summed E-state index contributed by atoms with van der Waals surface area (Å²) in [6, 6.07) is 10.9. The normalized spacial score (nSPS) is 11.4. The first-order chi connectivity index (χ1) is 14.3. The Kier molecular flexibility index (Phi) is 6.36. The number of rotatable bonds is 7. The fourth-order valence-electron chi connectivity index (χ4n) is 2.51. The molecule has 7 nitrogen and oxygen atoms in total. The van der Waals surface area contributed by atoms with Gasteiger partial charge in [0, 0.05) is 26.3 Å². The van der Waals surface area contributed by atoms with Crippen molar-refractivity contribution in [3.8, 4) is 17.2 Å². The largest absolute Gasteiger partial charge is 0.452 e. The van der Waals surface area contributed by atoms with E-state index >= 15 is 0 Å². The van der Waals surface area contributed by atoms with Gasteiger partial charge in [-0.05, 0) is 24.3 Å². The Morgan fingerprint density at radius 2 is 1.90 bits per heavy atom. The van der Waals surface area contributed by atoms with E-state index in [2.05, 4.69) is 9.97 Å². The van der Waals surface area contributed by atoms with E-state index in [1.54, 1.807) is 43.3 Å². The third-order valence-electron chi connectivity index (χ3n) is 4.05. The van der Waals surface area contributed by atoms with E-state index in [1.807, 2.05) is 0 Å². The van der Waals surface area contributed by atoms with Crippen LogP contribution in [0.5, 0.6) is 5.75 Å². The van der Waals surface area contributed by atoms with E-state index < -0.39 is 23.6 Å². The first-order valence-electron chi connectivity index (χ1n) is 8.81. The standard InChI is InChI=1S/C20H18F3N3O4/c1-26(10-11-28-2)15-9-8-14(12-24-15)29-19(27)16-17(20(21,22)23)30-18(25-16)13-6-4-3-5-7-13/h3-9,12H,10-11H2,1-2H3. The number of hydrogen-bond acceptors (Lipinski definition) is 7. The van der Waals surface area contributed by atoms with Crippen molar-refractivity contribution in [1.29, 1.82) is 0 Å². The summed E-state index contributed by atoms with van der Waals surface area (Å²) in [6.45, 7) is 1.07. The Morgan fingerprint density at radius 3 is 2.50 bits per heavy atom. The average molecular weight is 421 g/mol. The van der Waals surface area contributed by atoms with Crippen LogP contribution >= 0.6 is 0 Å². The Morgan fingerprint density at radius 1 is 1.17 bits per heavy atom. The van der Waals surface area contributed by atoms with Crippen molar-refractivity contribution in [1.82, 2.24) is 9.97 Å². The maximum atomic E-state index is 13.4. The van der Waals surface area contributed by atoms with Gasteiger partial charge in [-0.15, -0.1) is 0 Å². The highest BCUT2D eigenvalue weighted by Gasteiger charge is 2.42. The summed E-state index contributed by atoms with van der Waals surface area (Å²) in [5.74, 6) is -2.59. The van der Waals surface area contributed by atoms with Crippen LogP contribution in [-0.4, -0.2) is 43.2 Å². The molecule has 0 saturated carbocycles. The lowest BCUT2D eigenvalue weighted by molar-refractivity contribution is -0.153. The predicted molar refractivity (Wildman–Crippen MR) is 101 cm³/mol. The second-order valence-corrected chi connectivity index (χ2v) is 6.22. The van der Waals surface area contributed by atoms with E-state index in [0.717, 1.165) is 0 Å². The van der Waals surface area contributed by atoms with E-state index in [0.29, 0.717) is 24.5 Å². The molecule has 30 heavy (non-hydrogen) atoms. The number of anilines is 1. The molecular weight excluding hydrogens is 403 g/mol. The zero-order valence-corrected chi connectivity index (χ0v) is 16.1. The van der Waals surface area contributed by atoms with Crippen molar-refractivity contribution in [2.24, 2.45) is 0 Å². The molecule has 2 aromatic heterocycles. The van der Waals surface area contributed by atoms with Crippen LogP contribution in [0.3, 0.4) is 0 Å². The number of esters is 1. The Hall–Kier alpha value is -3.40. The molecule has 0 amide bonds. The first-order valence-corrected chi connectivity index (χ1v) is 8.81. The molecule has 0 unspecified atom stereocenters. The lowest BCUT2D eigenvalue weighted by atomic mass is 10.2. The molecule has 0 aliphatic carbocycles. The minimum Gasteiger partial charge on any atom is -0.431 e. The number of benzene rings is 1. The smallest absolute Gasteiger partial charge is 0.431 e. The van der Waals surface area contributed by atoms with Gasteiger partial charge in [0.15, 0.2) is 0 Å². The number of carbonyl (C=O) groups is 1. The molecule has 0 atom stereocenters. The molecule has 0 spiro atoms. The fraction of sp³-hybridized carbons (Fsp3) is 0.250. The topological polar surface area (TPSA) is 77.7 Å². The van der Waals surface area contributed by atoms with E-state index in [-0.39, 0.29) is 11.6 Å². The van der Waals surface area contributed by atoms with Crippen LogP contribution in [0.25, 0.3) is 11.5 Å². The molecule has 0 bridgehead atoms. The number of ether oxygens (including phenoxy) is 2. The highest BCUT2D eigenvalue weighted by molar-refractivity contribution is 5.90. The molecule has 1 aromatic carbocycles. The van der Waals surface area contributed by atoms with Crippen LogP contribution in [0.2, 0.25) is 0 Å². The summed E-state index contributed by atoms with van der Waals surface area (Å²) in [4.78, 5) is 22.0. The number of methoxy groups -OCH3 is 1. The van der Waals surface area contributed by atoms with Gasteiger partial charge in [-0.2, -0.15) is 13.2 Å². The van der Waals surface area contributed by atoms with Gasteiger partial charge in [0.2, 0.25) is 17.3 Å². The Balaban J connectivity index is 1.82. The lowest BCUT2D eigenvalue weighted by Crippen LogP contribution is -2.23. The van der Waals surface area contributed by atoms with Crippen molar-refractivity contribution in [3.05, 3.63) is 60.1 Å². The monoisotopic (exact) mass is 421 g/mol. The summed E-state index contributed by atoms with van der Waals surface area (Å²) in [6.07, 6.45) is -3.68. The van der Waals surface area contributed by atoms with Crippen molar-refractivity contribution in [2.45, 2.75) is 6.18 Å². The van der Waals surface area contributed by atoms with Crippen molar-refractivity contribution < 1.29 is 31.9 Å². The van der Waals surface area contributed by atoms with Gasteiger partial charge < -0.3 is 18.8 Å². The lowest BCUT2D eigenvalue weighted by Gasteiger charge is -2.17. The minimum absolute atomic E-state index is 0.0266. The van der Waals surface area contributed by atoms with Gasteiger partial charge in [-0.25, -0.2) is 14.8 Å². The van der Waals surface area contributed by atoms with E-state index in [1.165, 1.54) is 24.4 Å². The second kappa shape index (κ2) is 8.95. The van der Waals surface area contributed by atoms with E-state index in [4.69, 9.17) is 13.9 Å². The number of hydrogen-bond donors (Lipinski definition) is 0. The fourth-order valence-corrected chi connectivity index (χ4v) is 2.51. The summed E-state index contributed by atoms with van der Waals surface area (Å²) in [5, 5.41) is 0.